The molecule has 0 aliphatic heterocycles. The van der Waals surface area contributed by atoms with Crippen LogP contribution in [-0.2, 0) is 16.0 Å². The van der Waals surface area contributed by atoms with Crippen molar-refractivity contribution in [2.24, 2.45) is 0 Å². The number of aliphatic hydroxyl groups excluding tert-OH is 1. The van der Waals surface area contributed by atoms with Gasteiger partial charge >= 0.3 is 0 Å². The fourth-order valence-electron chi connectivity index (χ4n) is 1.88. The molecule has 1 aromatic heterocycles. The maximum Gasteiger partial charge on any atom is 0.118 e. The van der Waals surface area contributed by atoms with Crippen LogP contribution >= 0.6 is 0 Å². The van der Waals surface area contributed by atoms with Gasteiger partial charge in [-0.3, -0.25) is 4.90 Å². The third kappa shape index (κ3) is 6.86. The van der Waals surface area contributed by atoms with E-state index in [0.29, 0.717) is 32.9 Å². The minimum atomic E-state index is -0.539. The second-order valence-corrected chi connectivity index (χ2v) is 4.72. The first kappa shape index (κ1) is 16.9. The van der Waals surface area contributed by atoms with Crippen LogP contribution in [-0.4, -0.2) is 56.1 Å². The number of hydrogen-bond acceptors (Lipinski definition) is 5. The highest BCUT2D eigenvalue weighted by molar-refractivity contribution is 5.05. The number of hydrogen-bond donors (Lipinski definition) is 1. The molecule has 0 fully saturated rings. The molecule has 0 radical (unpaired) electrons. The first-order chi connectivity index (χ1) is 9.65. The predicted octanol–water partition coefficient (Wildman–Crippen LogP) is 1.60. The smallest absolute Gasteiger partial charge is 0.118 e. The molecule has 5 nitrogen and oxygen atoms in total. The molecule has 0 aliphatic carbocycles. The van der Waals surface area contributed by atoms with Crippen molar-refractivity contribution in [3.63, 3.8) is 0 Å². The molecule has 114 valence electrons. The van der Waals surface area contributed by atoms with Gasteiger partial charge in [0.1, 0.15) is 11.5 Å². The molecular weight excluding hydrogens is 258 g/mol. The summed E-state index contributed by atoms with van der Waals surface area (Å²) >= 11 is 0. The first-order valence-electron chi connectivity index (χ1n) is 6.79. The molecule has 20 heavy (non-hydrogen) atoms. The number of furan rings is 1. The standard InChI is InChI=1S/C15H25NO4/c1-4-8-19-12-14(17)10-16(7-9-18-3)11-15-6-5-13(2)20-15/h4-6,14,17H,1,7-12H2,2-3H3/t14-/m0/s1. The molecule has 0 saturated carbocycles. The van der Waals surface area contributed by atoms with Crippen molar-refractivity contribution in [3.05, 3.63) is 36.3 Å². The van der Waals surface area contributed by atoms with Crippen LogP contribution in [0.4, 0.5) is 0 Å². The third-order valence-electron chi connectivity index (χ3n) is 2.80. The predicted molar refractivity (Wildman–Crippen MR) is 77.6 cm³/mol. The van der Waals surface area contributed by atoms with Gasteiger partial charge < -0.3 is 19.0 Å². The lowest BCUT2D eigenvalue weighted by Gasteiger charge is -2.23. The molecular formula is C15H25NO4. The average molecular weight is 283 g/mol. The quantitative estimate of drug-likeness (QED) is 0.494. The molecule has 5 heteroatoms. The van der Waals surface area contributed by atoms with Crippen molar-refractivity contribution in [1.82, 2.24) is 4.90 Å². The highest BCUT2D eigenvalue weighted by Gasteiger charge is 2.14. The van der Waals surface area contributed by atoms with Crippen molar-refractivity contribution in [2.75, 3.05) is 40.0 Å². The van der Waals surface area contributed by atoms with Crippen molar-refractivity contribution in [1.29, 1.82) is 0 Å². The third-order valence-corrected chi connectivity index (χ3v) is 2.80. The zero-order chi connectivity index (χ0) is 14.8. The molecule has 0 unspecified atom stereocenters. The van der Waals surface area contributed by atoms with Crippen molar-refractivity contribution >= 4 is 0 Å². The Morgan fingerprint density at radius 1 is 1.50 bits per heavy atom. The summed E-state index contributed by atoms with van der Waals surface area (Å²) < 4.78 is 15.9. The fourth-order valence-corrected chi connectivity index (χ4v) is 1.88. The summed E-state index contributed by atoms with van der Waals surface area (Å²) in [5.41, 5.74) is 0. The second-order valence-electron chi connectivity index (χ2n) is 4.72. The zero-order valence-electron chi connectivity index (χ0n) is 12.4. The van der Waals surface area contributed by atoms with E-state index in [2.05, 4.69) is 11.5 Å². The number of aliphatic hydroxyl groups is 1. The average Bonchev–Trinajstić information content (AvgIpc) is 2.81. The molecule has 0 amide bonds. The first-order valence-corrected chi connectivity index (χ1v) is 6.79. The Morgan fingerprint density at radius 2 is 2.30 bits per heavy atom. The van der Waals surface area contributed by atoms with Crippen molar-refractivity contribution in [3.8, 4) is 0 Å². The van der Waals surface area contributed by atoms with E-state index >= 15 is 0 Å². The Balaban J connectivity index is 2.43. The topological polar surface area (TPSA) is 55.1 Å². The van der Waals surface area contributed by atoms with E-state index in [1.54, 1.807) is 13.2 Å². The van der Waals surface area contributed by atoms with Gasteiger partial charge in [-0.05, 0) is 19.1 Å². The van der Waals surface area contributed by atoms with E-state index in [4.69, 9.17) is 13.9 Å². The Kier molecular flexibility index (Phi) is 8.22. The number of ether oxygens (including phenoxy) is 2. The zero-order valence-corrected chi connectivity index (χ0v) is 12.4. The largest absolute Gasteiger partial charge is 0.465 e. The van der Waals surface area contributed by atoms with Gasteiger partial charge in [-0.25, -0.2) is 0 Å². The minimum Gasteiger partial charge on any atom is -0.465 e. The summed E-state index contributed by atoms with van der Waals surface area (Å²) in [6.07, 6.45) is 1.13. The van der Waals surface area contributed by atoms with E-state index in [1.165, 1.54) is 0 Å². The lowest BCUT2D eigenvalue weighted by molar-refractivity contribution is 0.0180. The molecule has 1 heterocycles. The molecule has 0 aliphatic rings. The molecule has 1 aromatic rings. The minimum absolute atomic E-state index is 0.298. The Bertz CT molecular complexity index is 378. The Labute approximate surface area is 120 Å². The van der Waals surface area contributed by atoms with Crippen LogP contribution < -0.4 is 0 Å². The highest BCUT2D eigenvalue weighted by atomic mass is 16.5. The van der Waals surface area contributed by atoms with Crippen LogP contribution in [0.1, 0.15) is 11.5 Å². The van der Waals surface area contributed by atoms with Crippen molar-refractivity contribution < 1.29 is 19.0 Å². The van der Waals surface area contributed by atoms with Crippen LogP contribution in [0.5, 0.6) is 0 Å². The number of rotatable bonds is 11. The summed E-state index contributed by atoms with van der Waals surface area (Å²) in [6.45, 7) is 8.74. The van der Waals surface area contributed by atoms with E-state index < -0.39 is 6.10 Å². The fraction of sp³-hybridized carbons (Fsp3) is 0.600. The summed E-state index contributed by atoms with van der Waals surface area (Å²) in [4.78, 5) is 2.09. The molecule has 0 aromatic carbocycles. The SMILES string of the molecule is C=CCOC[C@@H](O)CN(CCOC)Cc1ccc(C)o1. The van der Waals surface area contributed by atoms with Crippen LogP contribution in [0.2, 0.25) is 0 Å². The van der Waals surface area contributed by atoms with Gasteiger partial charge in [0, 0.05) is 20.2 Å². The summed E-state index contributed by atoms with van der Waals surface area (Å²) in [7, 11) is 1.67. The van der Waals surface area contributed by atoms with Gasteiger partial charge in [0.05, 0.1) is 32.5 Å². The Morgan fingerprint density at radius 3 is 2.90 bits per heavy atom. The van der Waals surface area contributed by atoms with Crippen molar-refractivity contribution in [2.45, 2.75) is 19.6 Å². The monoisotopic (exact) mass is 283 g/mol. The summed E-state index contributed by atoms with van der Waals surface area (Å²) in [5, 5.41) is 9.96. The molecule has 1 N–H and O–H groups in total. The van der Waals surface area contributed by atoms with Gasteiger partial charge in [0.15, 0.2) is 0 Å². The van der Waals surface area contributed by atoms with Crippen LogP contribution in [0.25, 0.3) is 0 Å². The van der Waals surface area contributed by atoms with Gasteiger partial charge in [-0.15, -0.1) is 6.58 Å². The van der Waals surface area contributed by atoms with Gasteiger partial charge in [0.2, 0.25) is 0 Å². The normalized spacial score (nSPS) is 12.8. The number of aryl methyl sites for hydroxylation is 1. The molecule has 0 saturated heterocycles. The lowest BCUT2D eigenvalue weighted by Crippen LogP contribution is -2.36. The maximum absolute atomic E-state index is 9.96. The van der Waals surface area contributed by atoms with Crippen LogP contribution in [0.15, 0.2) is 29.2 Å². The van der Waals surface area contributed by atoms with Crippen LogP contribution in [0.3, 0.4) is 0 Å². The van der Waals surface area contributed by atoms with Crippen LogP contribution in [0, 0.1) is 6.92 Å². The van der Waals surface area contributed by atoms with E-state index in [-0.39, 0.29) is 0 Å². The van der Waals surface area contributed by atoms with Gasteiger partial charge in [0.25, 0.3) is 0 Å². The highest BCUT2D eigenvalue weighted by Crippen LogP contribution is 2.10. The Hall–Kier alpha value is -1.14. The lowest BCUT2D eigenvalue weighted by atomic mass is 10.3. The molecule has 1 atom stereocenters. The van der Waals surface area contributed by atoms with E-state index in [1.807, 2.05) is 19.1 Å². The number of methoxy groups -OCH3 is 1. The van der Waals surface area contributed by atoms with E-state index in [9.17, 15) is 5.11 Å². The molecule has 0 bridgehead atoms. The maximum atomic E-state index is 9.96. The second kappa shape index (κ2) is 9.72. The summed E-state index contributed by atoms with van der Waals surface area (Å²) in [6, 6.07) is 3.89. The van der Waals surface area contributed by atoms with Gasteiger partial charge in [-0.1, -0.05) is 6.08 Å². The van der Waals surface area contributed by atoms with Gasteiger partial charge in [-0.2, -0.15) is 0 Å². The number of nitrogens with zero attached hydrogens (tertiary/aromatic N) is 1. The molecule has 0 spiro atoms. The summed E-state index contributed by atoms with van der Waals surface area (Å²) in [5.74, 6) is 1.78. The van der Waals surface area contributed by atoms with E-state index in [0.717, 1.165) is 18.1 Å². The molecule has 1 rings (SSSR count).